The number of benzene rings is 1. The number of alkyl halides is 1. The van der Waals surface area contributed by atoms with Crippen molar-refractivity contribution in [3.8, 4) is 0 Å². The molecule has 0 spiro atoms. The van der Waals surface area contributed by atoms with Crippen LogP contribution in [0.4, 0.5) is 0 Å². The van der Waals surface area contributed by atoms with Crippen molar-refractivity contribution in [3.63, 3.8) is 0 Å². The van der Waals surface area contributed by atoms with Crippen molar-refractivity contribution in [2.24, 2.45) is 0 Å². The maximum atomic E-state index is 11.8. The van der Waals surface area contributed by atoms with E-state index in [9.17, 15) is 8.42 Å². The molecule has 0 aliphatic heterocycles. The van der Waals surface area contributed by atoms with Crippen LogP contribution < -0.4 is 4.72 Å². The third-order valence-corrected chi connectivity index (χ3v) is 4.43. The largest absolute Gasteiger partial charge is 0.240 e. The van der Waals surface area contributed by atoms with Gasteiger partial charge in [-0.05, 0) is 30.5 Å². The molecule has 0 amide bonds. The fourth-order valence-electron chi connectivity index (χ4n) is 1.28. The number of sulfonamides is 1. The number of hydrogen-bond donors (Lipinski definition) is 1. The molecule has 1 aromatic carbocycles. The third kappa shape index (κ3) is 2.80. The van der Waals surface area contributed by atoms with Crippen LogP contribution >= 0.6 is 15.9 Å². The molecule has 0 aromatic heterocycles. The molecule has 0 radical (unpaired) electrons. The first-order chi connectivity index (χ1) is 7.12. The van der Waals surface area contributed by atoms with Gasteiger partial charge in [0.15, 0.2) is 0 Å². The van der Waals surface area contributed by atoms with Gasteiger partial charge in [-0.15, -0.1) is 0 Å². The first-order valence-electron chi connectivity index (χ1n) is 4.79. The lowest BCUT2D eigenvalue weighted by Crippen LogP contribution is -2.25. The SMILES string of the molecule is O=S(=O)(NC1CC1)c1cccc(CBr)c1. The third-order valence-electron chi connectivity index (χ3n) is 2.26. The summed E-state index contributed by atoms with van der Waals surface area (Å²) in [5, 5.41) is 0.666. The Kier molecular flexibility index (Phi) is 3.13. The molecule has 2 rings (SSSR count). The van der Waals surface area contributed by atoms with Gasteiger partial charge in [0.05, 0.1) is 4.90 Å². The van der Waals surface area contributed by atoms with Gasteiger partial charge in [-0.25, -0.2) is 13.1 Å². The van der Waals surface area contributed by atoms with Gasteiger partial charge in [-0.1, -0.05) is 28.1 Å². The Bertz CT molecular complexity index is 454. The Morgan fingerprint density at radius 1 is 1.40 bits per heavy atom. The minimum atomic E-state index is -3.30. The smallest absolute Gasteiger partial charge is 0.208 e. The van der Waals surface area contributed by atoms with Crippen LogP contribution in [0.15, 0.2) is 29.2 Å². The minimum Gasteiger partial charge on any atom is -0.208 e. The van der Waals surface area contributed by atoms with Gasteiger partial charge in [-0.3, -0.25) is 0 Å². The van der Waals surface area contributed by atoms with E-state index in [1.54, 1.807) is 18.2 Å². The monoisotopic (exact) mass is 289 g/mol. The highest BCUT2D eigenvalue weighted by Gasteiger charge is 2.27. The molecule has 82 valence electrons. The molecule has 1 aliphatic carbocycles. The Balaban J connectivity index is 2.26. The van der Waals surface area contributed by atoms with Crippen LogP contribution in [0, 0.1) is 0 Å². The first-order valence-corrected chi connectivity index (χ1v) is 7.39. The molecule has 1 fully saturated rings. The van der Waals surface area contributed by atoms with E-state index in [4.69, 9.17) is 0 Å². The molecule has 5 heteroatoms. The molecule has 15 heavy (non-hydrogen) atoms. The van der Waals surface area contributed by atoms with Gasteiger partial charge < -0.3 is 0 Å². The highest BCUT2D eigenvalue weighted by atomic mass is 79.9. The van der Waals surface area contributed by atoms with Gasteiger partial charge >= 0.3 is 0 Å². The Hall–Kier alpha value is -0.390. The van der Waals surface area contributed by atoms with E-state index < -0.39 is 10.0 Å². The summed E-state index contributed by atoms with van der Waals surface area (Å²) in [6.07, 6.45) is 1.91. The van der Waals surface area contributed by atoms with E-state index in [2.05, 4.69) is 20.7 Å². The first kappa shape index (κ1) is 11.1. The average molecular weight is 290 g/mol. The predicted octanol–water partition coefficient (Wildman–Crippen LogP) is 2.02. The summed E-state index contributed by atoms with van der Waals surface area (Å²) in [6, 6.07) is 7.13. The van der Waals surface area contributed by atoms with Crippen LogP contribution in [-0.4, -0.2) is 14.5 Å². The molecule has 0 saturated heterocycles. The normalized spacial score (nSPS) is 16.6. The van der Waals surface area contributed by atoms with Gasteiger partial charge in [0, 0.05) is 11.4 Å². The van der Waals surface area contributed by atoms with E-state index >= 15 is 0 Å². The van der Waals surface area contributed by atoms with Crippen molar-refractivity contribution in [1.29, 1.82) is 0 Å². The summed E-state index contributed by atoms with van der Waals surface area (Å²) in [5.41, 5.74) is 0.966. The van der Waals surface area contributed by atoms with Crippen LogP contribution in [0.25, 0.3) is 0 Å². The molecular formula is C10H12BrNO2S. The summed E-state index contributed by atoms with van der Waals surface area (Å²) in [4.78, 5) is 0.353. The summed E-state index contributed by atoms with van der Waals surface area (Å²) < 4.78 is 26.3. The summed E-state index contributed by atoms with van der Waals surface area (Å²) in [7, 11) is -3.30. The standard InChI is InChI=1S/C10H12BrNO2S/c11-7-8-2-1-3-10(6-8)15(13,14)12-9-4-5-9/h1-3,6,9,12H,4-5,7H2. The number of rotatable bonds is 4. The van der Waals surface area contributed by atoms with E-state index in [1.807, 2.05) is 6.07 Å². The summed E-state index contributed by atoms with van der Waals surface area (Å²) in [6.45, 7) is 0. The van der Waals surface area contributed by atoms with Crippen LogP contribution in [0.3, 0.4) is 0 Å². The van der Waals surface area contributed by atoms with Crippen molar-refractivity contribution in [1.82, 2.24) is 4.72 Å². The van der Waals surface area contributed by atoms with Gasteiger partial charge in [0.1, 0.15) is 0 Å². The second-order valence-corrected chi connectivity index (χ2v) is 5.95. The lowest BCUT2D eigenvalue weighted by Gasteiger charge is -2.06. The Morgan fingerprint density at radius 3 is 2.73 bits per heavy atom. The van der Waals surface area contributed by atoms with Crippen LogP contribution in [-0.2, 0) is 15.4 Å². The number of halogens is 1. The molecule has 0 atom stereocenters. The maximum absolute atomic E-state index is 11.8. The second-order valence-electron chi connectivity index (χ2n) is 3.68. The van der Waals surface area contributed by atoms with Gasteiger partial charge in [0.2, 0.25) is 10.0 Å². The van der Waals surface area contributed by atoms with Crippen LogP contribution in [0.1, 0.15) is 18.4 Å². The quantitative estimate of drug-likeness (QED) is 0.862. The van der Waals surface area contributed by atoms with E-state index in [0.29, 0.717) is 10.2 Å². The van der Waals surface area contributed by atoms with Crippen LogP contribution in [0.2, 0.25) is 0 Å². The molecule has 0 heterocycles. The highest BCUT2D eigenvalue weighted by molar-refractivity contribution is 9.08. The summed E-state index contributed by atoms with van der Waals surface area (Å²) in [5.74, 6) is 0. The average Bonchev–Trinajstić information content (AvgIpc) is 3.01. The van der Waals surface area contributed by atoms with Crippen molar-refractivity contribution < 1.29 is 8.42 Å². The van der Waals surface area contributed by atoms with E-state index in [-0.39, 0.29) is 6.04 Å². The van der Waals surface area contributed by atoms with E-state index in [1.165, 1.54) is 0 Å². The Labute approximate surface area is 98.1 Å². The second kappa shape index (κ2) is 4.23. The summed E-state index contributed by atoms with van der Waals surface area (Å²) >= 11 is 3.31. The lowest BCUT2D eigenvalue weighted by molar-refractivity contribution is 0.581. The highest BCUT2D eigenvalue weighted by Crippen LogP contribution is 2.22. The maximum Gasteiger partial charge on any atom is 0.240 e. The topological polar surface area (TPSA) is 46.2 Å². The molecule has 0 bridgehead atoms. The zero-order valence-corrected chi connectivity index (χ0v) is 10.5. The minimum absolute atomic E-state index is 0.155. The number of hydrogen-bond acceptors (Lipinski definition) is 2. The molecule has 1 N–H and O–H groups in total. The van der Waals surface area contributed by atoms with Crippen LogP contribution in [0.5, 0.6) is 0 Å². The molecule has 0 unspecified atom stereocenters. The molecular weight excluding hydrogens is 278 g/mol. The molecule has 1 aliphatic rings. The van der Waals surface area contributed by atoms with Crippen molar-refractivity contribution in [2.45, 2.75) is 29.1 Å². The predicted molar refractivity (Wildman–Crippen MR) is 62.4 cm³/mol. The zero-order valence-electron chi connectivity index (χ0n) is 8.11. The van der Waals surface area contributed by atoms with Gasteiger partial charge in [-0.2, -0.15) is 0 Å². The Morgan fingerprint density at radius 2 is 2.13 bits per heavy atom. The molecule has 1 aromatic rings. The fraction of sp³-hybridized carbons (Fsp3) is 0.400. The fourth-order valence-corrected chi connectivity index (χ4v) is 3.01. The van der Waals surface area contributed by atoms with Gasteiger partial charge in [0.25, 0.3) is 0 Å². The van der Waals surface area contributed by atoms with E-state index in [0.717, 1.165) is 18.4 Å². The van der Waals surface area contributed by atoms with Crippen molar-refractivity contribution in [2.75, 3.05) is 0 Å². The van der Waals surface area contributed by atoms with Crippen molar-refractivity contribution in [3.05, 3.63) is 29.8 Å². The molecule has 3 nitrogen and oxygen atoms in total. The lowest BCUT2D eigenvalue weighted by atomic mass is 10.2. The number of nitrogens with one attached hydrogen (secondary N) is 1. The zero-order chi connectivity index (χ0) is 10.9. The molecule has 1 saturated carbocycles. The van der Waals surface area contributed by atoms with Crippen molar-refractivity contribution >= 4 is 26.0 Å².